The van der Waals surface area contributed by atoms with Crippen LogP contribution in [0, 0.1) is 10.1 Å². The number of alkyl halides is 1. The van der Waals surface area contributed by atoms with Gasteiger partial charge in [-0.25, -0.2) is 0 Å². The summed E-state index contributed by atoms with van der Waals surface area (Å²) < 4.78 is 5.63. The van der Waals surface area contributed by atoms with Crippen molar-refractivity contribution in [3.8, 4) is 0 Å². The molecule has 0 bridgehead atoms. The van der Waals surface area contributed by atoms with E-state index >= 15 is 0 Å². The normalized spacial score (nSPS) is 13.6. The lowest BCUT2D eigenvalue weighted by Crippen LogP contribution is -2.22. The molecule has 0 saturated carbocycles. The highest BCUT2D eigenvalue weighted by Crippen LogP contribution is 2.23. The van der Waals surface area contributed by atoms with Gasteiger partial charge in [0.15, 0.2) is 5.56 Å². The van der Waals surface area contributed by atoms with Crippen molar-refractivity contribution in [1.82, 2.24) is 9.78 Å². The minimum Gasteiger partial charge on any atom is -0.419 e. The Morgan fingerprint density at radius 1 is 1.58 bits per heavy atom. The van der Waals surface area contributed by atoms with Crippen LogP contribution in [0.5, 0.6) is 0 Å². The van der Waals surface area contributed by atoms with Crippen LogP contribution in [-0.4, -0.2) is 32.0 Å². The minimum atomic E-state index is -1.10. The minimum absolute atomic E-state index is 0.369. The number of primary amides is 1. The number of nitrogens with zero attached hydrogens (tertiary/aromatic N) is 3. The van der Waals surface area contributed by atoms with E-state index < -0.39 is 34.2 Å². The highest BCUT2D eigenvalue weighted by Gasteiger charge is 2.31. The molecule has 1 rings (SSSR count). The molecule has 1 aromatic rings. The van der Waals surface area contributed by atoms with Crippen LogP contribution >= 0.6 is 11.6 Å². The van der Waals surface area contributed by atoms with Crippen molar-refractivity contribution in [3.63, 3.8) is 0 Å². The first-order chi connectivity index (χ1) is 8.75. The summed E-state index contributed by atoms with van der Waals surface area (Å²) in [6.45, 7) is 2.74. The van der Waals surface area contributed by atoms with E-state index in [2.05, 4.69) is 5.10 Å². The van der Waals surface area contributed by atoms with Gasteiger partial charge in [-0.05, 0) is 11.8 Å². The number of carbonyl (C=O) groups excluding carboxylic acids is 2. The summed E-state index contributed by atoms with van der Waals surface area (Å²) >= 11 is 5.51. The zero-order valence-corrected chi connectivity index (χ0v) is 10.8. The number of hydrogen-bond donors (Lipinski definition) is 1. The number of amides is 1. The fraction of sp³-hybridized carbons (Fsp3) is 0.444. The van der Waals surface area contributed by atoms with Crippen LogP contribution < -0.4 is 5.73 Å². The summed E-state index contributed by atoms with van der Waals surface area (Å²) in [7, 11) is 0. The van der Waals surface area contributed by atoms with Crippen LogP contribution in [0.15, 0.2) is 6.20 Å². The fourth-order valence-electron chi connectivity index (χ4n) is 1.29. The van der Waals surface area contributed by atoms with E-state index in [0.29, 0.717) is 0 Å². The molecule has 0 radical (unpaired) electrons. The van der Waals surface area contributed by atoms with Crippen LogP contribution in [0.25, 0.3) is 0 Å². The average molecular weight is 291 g/mol. The number of esters is 1. The van der Waals surface area contributed by atoms with Crippen molar-refractivity contribution in [3.05, 3.63) is 21.9 Å². The van der Waals surface area contributed by atoms with Crippen LogP contribution in [0.1, 0.15) is 30.4 Å². The Morgan fingerprint density at radius 3 is 2.58 bits per heavy atom. The topological polar surface area (TPSA) is 130 Å². The zero-order valence-electron chi connectivity index (χ0n) is 10.1. The Morgan fingerprint density at radius 2 is 2.16 bits per heavy atom. The number of aromatic nitrogens is 2. The standard InChI is InChI=1S/C9H11ClN4O5/c1-4(10)9(16)19-5(2)13-8(14(17)18)6(3-12-13)7(11)15/h3-5H,1-2H3,(H2,11,15). The molecular formula is C9H11ClN4O5. The summed E-state index contributed by atoms with van der Waals surface area (Å²) in [5, 5.41) is 13.6. The van der Waals surface area contributed by atoms with Gasteiger partial charge in [-0.15, -0.1) is 11.6 Å². The van der Waals surface area contributed by atoms with Gasteiger partial charge in [0.1, 0.15) is 5.38 Å². The van der Waals surface area contributed by atoms with Crippen LogP contribution in [0.4, 0.5) is 5.82 Å². The van der Waals surface area contributed by atoms with Gasteiger partial charge in [0, 0.05) is 6.92 Å². The number of ether oxygens (including phenoxy) is 1. The summed E-state index contributed by atoms with van der Waals surface area (Å²) in [6, 6.07) is 0. The molecule has 19 heavy (non-hydrogen) atoms. The Hall–Kier alpha value is -2.16. The second-order valence-corrected chi connectivity index (χ2v) is 4.25. The lowest BCUT2D eigenvalue weighted by molar-refractivity contribution is -0.394. The first-order valence-corrected chi connectivity index (χ1v) is 5.55. The van der Waals surface area contributed by atoms with E-state index in [0.717, 1.165) is 10.9 Å². The second-order valence-electron chi connectivity index (χ2n) is 3.60. The van der Waals surface area contributed by atoms with Gasteiger partial charge in [0.2, 0.25) is 0 Å². The maximum Gasteiger partial charge on any atom is 0.361 e. The lowest BCUT2D eigenvalue weighted by atomic mass is 10.3. The maximum absolute atomic E-state index is 11.3. The monoisotopic (exact) mass is 290 g/mol. The summed E-state index contributed by atoms with van der Waals surface area (Å²) in [5.74, 6) is -2.41. The molecule has 1 amide bonds. The molecule has 10 heteroatoms. The van der Waals surface area contributed by atoms with E-state index in [9.17, 15) is 19.7 Å². The predicted octanol–water partition coefficient (Wildman–Crippen LogP) is 0.579. The molecule has 0 aliphatic carbocycles. The van der Waals surface area contributed by atoms with Crippen molar-refractivity contribution in [2.45, 2.75) is 25.5 Å². The summed E-state index contributed by atoms with van der Waals surface area (Å²) in [6.07, 6.45) is -0.156. The van der Waals surface area contributed by atoms with Crippen LogP contribution in [0.3, 0.4) is 0 Å². The van der Waals surface area contributed by atoms with Gasteiger partial charge in [0.05, 0.1) is 6.20 Å². The number of hydrogen-bond acceptors (Lipinski definition) is 6. The van der Waals surface area contributed by atoms with Crippen molar-refractivity contribution in [2.75, 3.05) is 0 Å². The van der Waals surface area contributed by atoms with E-state index in [1.165, 1.54) is 13.8 Å². The number of rotatable bonds is 5. The lowest BCUT2D eigenvalue weighted by Gasteiger charge is -2.11. The van der Waals surface area contributed by atoms with Crippen LogP contribution in [-0.2, 0) is 9.53 Å². The summed E-state index contributed by atoms with van der Waals surface area (Å²) in [5.41, 5.74) is 4.62. The van der Waals surface area contributed by atoms with Crippen molar-refractivity contribution < 1.29 is 19.2 Å². The molecule has 9 nitrogen and oxygen atoms in total. The summed E-state index contributed by atoms with van der Waals surface area (Å²) in [4.78, 5) is 32.4. The van der Waals surface area contributed by atoms with E-state index in [1.54, 1.807) is 0 Å². The van der Waals surface area contributed by atoms with Gasteiger partial charge in [0.25, 0.3) is 12.1 Å². The maximum atomic E-state index is 11.3. The van der Waals surface area contributed by atoms with Crippen LogP contribution in [0.2, 0.25) is 0 Å². The van der Waals surface area contributed by atoms with Gasteiger partial charge in [-0.2, -0.15) is 0 Å². The third kappa shape index (κ3) is 3.19. The van der Waals surface area contributed by atoms with Crippen molar-refractivity contribution in [1.29, 1.82) is 0 Å². The average Bonchev–Trinajstić information content (AvgIpc) is 2.72. The SMILES string of the molecule is CC(Cl)C(=O)OC(C)n1ncc(C(N)=O)c1[N+](=O)[O-]. The largest absolute Gasteiger partial charge is 0.419 e. The smallest absolute Gasteiger partial charge is 0.361 e. The molecule has 2 N–H and O–H groups in total. The zero-order chi connectivity index (χ0) is 14.7. The Bertz CT molecular complexity index is 527. The first kappa shape index (κ1) is 14.9. The molecule has 0 aliphatic rings. The van der Waals surface area contributed by atoms with Gasteiger partial charge in [-0.3, -0.25) is 9.59 Å². The number of carbonyl (C=O) groups is 2. The molecule has 2 unspecified atom stereocenters. The third-order valence-electron chi connectivity index (χ3n) is 2.16. The molecule has 1 heterocycles. The molecule has 104 valence electrons. The molecule has 0 fully saturated rings. The Kier molecular flexibility index (Phi) is 4.43. The highest BCUT2D eigenvalue weighted by atomic mass is 35.5. The van der Waals surface area contributed by atoms with Gasteiger partial charge < -0.3 is 20.6 Å². The number of halogens is 1. The molecule has 2 atom stereocenters. The Balaban J connectivity index is 3.10. The molecule has 1 aromatic heterocycles. The van der Waals surface area contributed by atoms with E-state index in [4.69, 9.17) is 22.1 Å². The highest BCUT2D eigenvalue weighted by molar-refractivity contribution is 6.29. The first-order valence-electron chi connectivity index (χ1n) is 5.12. The second kappa shape index (κ2) is 5.65. The molecule has 0 spiro atoms. The van der Waals surface area contributed by atoms with Crippen molar-refractivity contribution in [2.24, 2.45) is 5.73 Å². The molecular weight excluding hydrogens is 280 g/mol. The van der Waals surface area contributed by atoms with Gasteiger partial charge >= 0.3 is 11.8 Å². The predicted molar refractivity (Wildman–Crippen MR) is 63.5 cm³/mol. The fourth-order valence-corrected chi connectivity index (χ4v) is 1.34. The Labute approximate surface area is 112 Å². The third-order valence-corrected chi connectivity index (χ3v) is 2.34. The quantitative estimate of drug-likeness (QED) is 0.365. The van der Waals surface area contributed by atoms with Gasteiger partial charge in [-0.1, -0.05) is 9.78 Å². The molecule has 0 saturated heterocycles. The molecule has 0 aliphatic heterocycles. The number of nitrogens with two attached hydrogens (primary N) is 1. The molecule has 0 aromatic carbocycles. The number of nitro groups is 1. The van der Waals surface area contributed by atoms with Crippen molar-refractivity contribution >= 4 is 29.3 Å². The van der Waals surface area contributed by atoms with E-state index in [1.807, 2.05) is 0 Å². The van der Waals surface area contributed by atoms with E-state index in [-0.39, 0.29) is 5.56 Å².